The second-order valence-electron chi connectivity index (χ2n) is 8.42. The third kappa shape index (κ3) is 5.37. The molecule has 0 aromatic heterocycles. The number of carbonyl (C=O) groups excluding carboxylic acids is 2. The predicted octanol–water partition coefficient (Wildman–Crippen LogP) is 3.29. The van der Waals surface area contributed by atoms with Crippen molar-refractivity contribution in [2.45, 2.75) is 57.2 Å². The largest absolute Gasteiger partial charge is 0.494 e. The summed E-state index contributed by atoms with van der Waals surface area (Å²) in [5, 5.41) is 2.94. The summed E-state index contributed by atoms with van der Waals surface area (Å²) in [5.74, 6) is 0.812. The first kappa shape index (κ1) is 23.1. The minimum atomic E-state index is -0.460. The third-order valence-electron chi connectivity index (χ3n) is 6.38. The molecule has 6 nitrogen and oxygen atoms in total. The van der Waals surface area contributed by atoms with E-state index in [1.807, 2.05) is 48.2 Å². The van der Waals surface area contributed by atoms with Gasteiger partial charge in [-0.2, -0.15) is 0 Å². The highest BCUT2D eigenvalue weighted by molar-refractivity contribution is 5.89. The molecule has 2 aliphatic heterocycles. The van der Waals surface area contributed by atoms with E-state index in [0.29, 0.717) is 19.7 Å². The van der Waals surface area contributed by atoms with E-state index in [1.165, 1.54) is 0 Å². The maximum absolute atomic E-state index is 13.4. The van der Waals surface area contributed by atoms with Crippen LogP contribution in [0.25, 0.3) is 0 Å². The number of piperazine rings is 1. The van der Waals surface area contributed by atoms with Crippen molar-refractivity contribution in [3.05, 3.63) is 55.1 Å². The van der Waals surface area contributed by atoms with Gasteiger partial charge in [-0.1, -0.05) is 24.3 Å². The van der Waals surface area contributed by atoms with E-state index in [1.54, 1.807) is 0 Å². The van der Waals surface area contributed by atoms with E-state index >= 15 is 0 Å². The molecule has 0 bridgehead atoms. The van der Waals surface area contributed by atoms with E-state index in [-0.39, 0.29) is 23.8 Å². The topological polar surface area (TPSA) is 61.9 Å². The van der Waals surface area contributed by atoms with Crippen LogP contribution in [0, 0.1) is 0 Å². The first-order valence-electron chi connectivity index (χ1n) is 11.3. The molecule has 1 atom stereocenters. The Labute approximate surface area is 185 Å². The molecule has 2 fully saturated rings. The molecule has 3 rings (SSSR count). The smallest absolute Gasteiger partial charge is 0.237 e. The van der Waals surface area contributed by atoms with Gasteiger partial charge in [-0.05, 0) is 50.3 Å². The molecule has 2 amide bonds. The van der Waals surface area contributed by atoms with Crippen molar-refractivity contribution in [1.82, 2.24) is 15.1 Å². The quantitative estimate of drug-likeness (QED) is 0.585. The minimum Gasteiger partial charge on any atom is -0.494 e. The molecule has 1 aromatic rings. The van der Waals surface area contributed by atoms with Crippen LogP contribution in [-0.4, -0.2) is 59.4 Å². The average Bonchev–Trinajstić information content (AvgIpc) is 3.16. The molecule has 0 saturated carbocycles. The fourth-order valence-corrected chi connectivity index (χ4v) is 4.91. The zero-order chi connectivity index (χ0) is 22.3. The Morgan fingerprint density at radius 1 is 1.23 bits per heavy atom. The Bertz CT molecular complexity index is 780. The van der Waals surface area contributed by atoms with Gasteiger partial charge < -0.3 is 15.0 Å². The van der Waals surface area contributed by atoms with E-state index < -0.39 is 6.04 Å². The van der Waals surface area contributed by atoms with E-state index in [4.69, 9.17) is 4.74 Å². The van der Waals surface area contributed by atoms with Crippen molar-refractivity contribution in [2.24, 2.45) is 0 Å². The molecule has 2 aliphatic rings. The number of rotatable bonds is 10. The molecule has 2 heterocycles. The Kier molecular flexibility index (Phi) is 7.91. The molecule has 1 N–H and O–H groups in total. The van der Waals surface area contributed by atoms with Crippen molar-refractivity contribution in [3.8, 4) is 5.75 Å². The van der Waals surface area contributed by atoms with Crippen LogP contribution in [0.3, 0.4) is 0 Å². The summed E-state index contributed by atoms with van der Waals surface area (Å²) in [5.41, 5.74) is 0.857. The minimum absolute atomic E-state index is 0.0416. The van der Waals surface area contributed by atoms with E-state index in [9.17, 15) is 9.59 Å². The van der Waals surface area contributed by atoms with Gasteiger partial charge in [0.25, 0.3) is 0 Å². The molecule has 168 valence electrons. The number of amides is 2. The maximum Gasteiger partial charge on any atom is 0.237 e. The Morgan fingerprint density at radius 2 is 1.94 bits per heavy atom. The van der Waals surface area contributed by atoms with Gasteiger partial charge in [-0.25, -0.2) is 0 Å². The average molecular weight is 426 g/mol. The van der Waals surface area contributed by atoms with Gasteiger partial charge in [0.2, 0.25) is 11.8 Å². The number of hydrogen-bond donors (Lipinski definition) is 1. The lowest BCUT2D eigenvalue weighted by Gasteiger charge is -2.40. The first-order valence-corrected chi connectivity index (χ1v) is 11.3. The van der Waals surface area contributed by atoms with Gasteiger partial charge in [0.05, 0.1) is 19.1 Å². The van der Waals surface area contributed by atoms with Crippen molar-refractivity contribution in [1.29, 1.82) is 0 Å². The first-order chi connectivity index (χ1) is 15.0. The van der Waals surface area contributed by atoms with Crippen molar-refractivity contribution in [3.63, 3.8) is 0 Å². The van der Waals surface area contributed by atoms with Crippen molar-refractivity contribution >= 4 is 11.8 Å². The monoisotopic (exact) mass is 425 g/mol. The predicted molar refractivity (Wildman–Crippen MR) is 123 cm³/mol. The number of hydrogen-bond acceptors (Lipinski definition) is 4. The molecular weight excluding hydrogens is 390 g/mol. The molecule has 1 unspecified atom stereocenters. The van der Waals surface area contributed by atoms with Crippen molar-refractivity contribution < 1.29 is 14.3 Å². The van der Waals surface area contributed by atoms with Crippen LogP contribution in [0.1, 0.15) is 44.6 Å². The molecular formula is C25H35N3O3. The van der Waals surface area contributed by atoms with Crippen LogP contribution in [0.15, 0.2) is 49.6 Å². The lowest BCUT2D eigenvalue weighted by atomic mass is 9.87. The molecule has 6 heteroatoms. The van der Waals surface area contributed by atoms with Crippen LogP contribution in [0.5, 0.6) is 5.75 Å². The van der Waals surface area contributed by atoms with Crippen LogP contribution in [-0.2, 0) is 16.1 Å². The van der Waals surface area contributed by atoms with Crippen LogP contribution < -0.4 is 10.1 Å². The van der Waals surface area contributed by atoms with Crippen LogP contribution >= 0.6 is 0 Å². The van der Waals surface area contributed by atoms with E-state index in [2.05, 4.69) is 23.4 Å². The van der Waals surface area contributed by atoms with Crippen LogP contribution in [0.2, 0.25) is 0 Å². The number of nitrogens with one attached hydrogen (secondary N) is 1. The number of benzene rings is 1. The zero-order valence-electron chi connectivity index (χ0n) is 18.6. The molecule has 0 aliphatic carbocycles. The fraction of sp³-hybridized carbons (Fsp3) is 0.520. The summed E-state index contributed by atoms with van der Waals surface area (Å²) in [4.78, 5) is 30.2. The number of likely N-dealkylation sites (tertiary alicyclic amines) is 1. The molecule has 31 heavy (non-hydrogen) atoms. The summed E-state index contributed by atoms with van der Waals surface area (Å²) in [6.45, 7) is 13.1. The van der Waals surface area contributed by atoms with E-state index in [0.717, 1.165) is 50.1 Å². The highest BCUT2D eigenvalue weighted by atomic mass is 16.5. The second kappa shape index (κ2) is 10.6. The third-order valence-corrected chi connectivity index (χ3v) is 6.38. The lowest BCUT2D eigenvalue weighted by molar-refractivity contribution is -0.141. The Balaban J connectivity index is 1.72. The summed E-state index contributed by atoms with van der Waals surface area (Å²) >= 11 is 0. The standard InChI is InChI=1S/C25H35N3O3/c1-4-12-25(13-5-2)14-7-16-28(25)23(29)18-22-24(30)26-15-17-27(22)19-20-8-10-21(11-9-20)31-6-3/h4-5,8-11,22H,1-2,6-7,12-19H2,3H3,(H,26,30). The fourth-order valence-electron chi connectivity index (χ4n) is 4.91. The van der Waals surface area contributed by atoms with Gasteiger partial charge in [0.15, 0.2) is 0 Å². The highest BCUT2D eigenvalue weighted by Gasteiger charge is 2.43. The Morgan fingerprint density at radius 3 is 2.58 bits per heavy atom. The summed E-state index contributed by atoms with van der Waals surface area (Å²) < 4.78 is 5.52. The maximum atomic E-state index is 13.4. The molecule has 0 spiro atoms. The second-order valence-corrected chi connectivity index (χ2v) is 8.42. The van der Waals surface area contributed by atoms with Crippen LogP contribution in [0.4, 0.5) is 0 Å². The number of nitrogens with zero attached hydrogens (tertiary/aromatic N) is 2. The summed E-state index contributed by atoms with van der Waals surface area (Å²) in [6.07, 6.45) is 7.39. The van der Waals surface area contributed by atoms with Crippen molar-refractivity contribution in [2.75, 3.05) is 26.2 Å². The van der Waals surface area contributed by atoms with Gasteiger partial charge in [0, 0.05) is 31.7 Å². The SMILES string of the molecule is C=CCC1(CC=C)CCCN1C(=O)CC1C(=O)NCCN1Cc1ccc(OCC)cc1. The highest BCUT2D eigenvalue weighted by Crippen LogP contribution is 2.37. The van der Waals surface area contributed by atoms with Gasteiger partial charge >= 0.3 is 0 Å². The lowest BCUT2D eigenvalue weighted by Crippen LogP contribution is -2.57. The summed E-state index contributed by atoms with van der Waals surface area (Å²) in [7, 11) is 0. The molecule has 2 saturated heterocycles. The van der Waals surface area contributed by atoms with Gasteiger partial charge in [0.1, 0.15) is 5.75 Å². The number of carbonyl (C=O) groups is 2. The Hall–Kier alpha value is -2.60. The molecule has 0 radical (unpaired) electrons. The molecule has 1 aromatic carbocycles. The summed E-state index contributed by atoms with van der Waals surface area (Å²) in [6, 6.07) is 7.49. The number of ether oxygens (including phenoxy) is 1. The van der Waals surface area contributed by atoms with Gasteiger partial charge in [-0.3, -0.25) is 14.5 Å². The zero-order valence-corrected chi connectivity index (χ0v) is 18.6. The normalized spacial score (nSPS) is 20.9. The van der Waals surface area contributed by atoms with Gasteiger partial charge in [-0.15, -0.1) is 13.2 Å².